The first-order valence-electron chi connectivity index (χ1n) is 0. The van der Waals surface area contributed by atoms with Gasteiger partial charge in [0.05, 0.1) is 0 Å². The minimum absolute atomic E-state index is 0. The minimum atomic E-state index is 0. The summed E-state index contributed by atoms with van der Waals surface area (Å²) in [7, 11) is 0. The van der Waals surface area contributed by atoms with E-state index >= 15 is 0 Å². The Hall–Kier alpha value is 8.49. The van der Waals surface area contributed by atoms with Crippen molar-refractivity contribution in [1.29, 1.82) is 0 Å². The van der Waals surface area contributed by atoms with E-state index in [4.69, 9.17) is 0 Å². The molecule has 0 atom stereocenters. The normalized spacial score (nSPS) is 0. The Morgan fingerprint density at radius 1 is 0.222 bits per heavy atom. The summed E-state index contributed by atoms with van der Waals surface area (Å²) in [5.41, 5.74) is 0. The molecular formula is Na8Ni+10. The molecule has 0 bridgehead atoms. The summed E-state index contributed by atoms with van der Waals surface area (Å²) in [6, 6.07) is 0. The largest absolute Gasteiger partial charge is 2.00 e. The Kier molecular flexibility index (Phi) is 402. The zero-order chi connectivity index (χ0) is 0. The summed E-state index contributed by atoms with van der Waals surface area (Å²) in [6.45, 7) is 0. The average Bonchev–Trinajstić information content (AvgIpc) is 0. The molecule has 0 unspecified atom stereocenters. The number of rotatable bonds is 0. The van der Waals surface area contributed by atoms with Crippen molar-refractivity contribution < 1.29 is 253 Å². The first-order chi connectivity index (χ1) is 0. The van der Waals surface area contributed by atoms with Gasteiger partial charge >= 0.3 is 253 Å². The van der Waals surface area contributed by atoms with Crippen LogP contribution < -0.4 is 236 Å². The number of hydrogen-bond acceptors (Lipinski definition) is 0. The van der Waals surface area contributed by atoms with Gasteiger partial charge in [0.25, 0.3) is 0 Å². The second-order valence-electron chi connectivity index (χ2n) is 0. The molecule has 0 aliphatic carbocycles. The third kappa shape index (κ3) is 48.0. The smallest absolute Gasteiger partial charge is 1.00 e. The van der Waals surface area contributed by atoms with Gasteiger partial charge in [0.2, 0.25) is 0 Å². The van der Waals surface area contributed by atoms with Crippen LogP contribution in [-0.4, -0.2) is 0 Å². The molecule has 0 fully saturated rings. The van der Waals surface area contributed by atoms with E-state index in [0.29, 0.717) is 0 Å². The van der Waals surface area contributed by atoms with Crippen molar-refractivity contribution in [3.05, 3.63) is 0 Å². The summed E-state index contributed by atoms with van der Waals surface area (Å²) in [5, 5.41) is 0. The fourth-order valence-corrected chi connectivity index (χ4v) is 0. The van der Waals surface area contributed by atoms with Crippen molar-refractivity contribution in [2.45, 2.75) is 0 Å². The van der Waals surface area contributed by atoms with Crippen molar-refractivity contribution in [1.82, 2.24) is 0 Å². The van der Waals surface area contributed by atoms with Crippen LogP contribution in [0.4, 0.5) is 0 Å². The molecule has 0 aromatic rings. The van der Waals surface area contributed by atoms with E-state index in [1.807, 2.05) is 0 Å². The fraction of sp³-hybridized carbons (Fsp3) is 0. The second-order valence-corrected chi connectivity index (χ2v) is 0. The van der Waals surface area contributed by atoms with E-state index in [1.54, 1.807) is 0 Å². The summed E-state index contributed by atoms with van der Waals surface area (Å²) in [6.07, 6.45) is 0. The Bertz CT molecular complexity index is 4.53. The Balaban J connectivity index is 0. The monoisotopic (exact) mass is 242 g/mol. The van der Waals surface area contributed by atoms with Crippen molar-refractivity contribution in [2.24, 2.45) is 0 Å². The average molecular weight is 243 g/mol. The van der Waals surface area contributed by atoms with Gasteiger partial charge in [0.15, 0.2) is 0 Å². The van der Waals surface area contributed by atoms with Crippen molar-refractivity contribution >= 4 is 0 Å². The van der Waals surface area contributed by atoms with Gasteiger partial charge < -0.3 is 0 Å². The van der Waals surface area contributed by atoms with Gasteiger partial charge in [-0.25, -0.2) is 0 Å². The molecule has 0 aromatic carbocycles. The quantitative estimate of drug-likeness (QED) is 0.370. The SMILES string of the molecule is [Na+].[Na+].[Na+].[Na+].[Na+].[Na+].[Na+].[Na+].[Ni+2]. The van der Waals surface area contributed by atoms with Crippen LogP contribution in [0.15, 0.2) is 0 Å². The third-order valence-electron chi connectivity index (χ3n) is 0. The van der Waals surface area contributed by atoms with Crippen LogP contribution in [0.1, 0.15) is 0 Å². The molecule has 0 saturated heterocycles. The van der Waals surface area contributed by atoms with E-state index in [-0.39, 0.29) is 253 Å². The maximum Gasteiger partial charge on any atom is 2.00 e. The van der Waals surface area contributed by atoms with Gasteiger partial charge in [0, 0.05) is 0 Å². The molecule has 0 aliphatic heterocycles. The van der Waals surface area contributed by atoms with E-state index in [0.717, 1.165) is 0 Å². The molecule has 0 radical (unpaired) electrons. The molecule has 0 N–H and O–H groups in total. The molecule has 0 rings (SSSR count). The molecule has 8 valence electrons. The van der Waals surface area contributed by atoms with E-state index in [1.165, 1.54) is 0 Å². The molecule has 0 nitrogen and oxygen atoms in total. The maximum absolute atomic E-state index is 0. The molecule has 0 spiro atoms. The van der Waals surface area contributed by atoms with Crippen LogP contribution in [-0.2, 0) is 16.5 Å². The molecule has 0 aromatic heterocycles. The first kappa shape index (κ1) is 66.0. The zero-order valence-electron chi connectivity index (χ0n) is 8.32. The second kappa shape index (κ2) is 54.9. The molecule has 0 heterocycles. The van der Waals surface area contributed by atoms with Crippen molar-refractivity contribution in [3.8, 4) is 0 Å². The van der Waals surface area contributed by atoms with Gasteiger partial charge in [-0.05, 0) is 0 Å². The number of hydrogen-bond donors (Lipinski definition) is 0. The summed E-state index contributed by atoms with van der Waals surface area (Å²) < 4.78 is 0. The van der Waals surface area contributed by atoms with Crippen molar-refractivity contribution in [3.63, 3.8) is 0 Å². The Morgan fingerprint density at radius 2 is 0.222 bits per heavy atom. The summed E-state index contributed by atoms with van der Waals surface area (Å²) >= 11 is 0. The minimum Gasteiger partial charge on any atom is 1.00 e. The Labute approximate surface area is 245 Å². The van der Waals surface area contributed by atoms with Crippen LogP contribution in [0, 0.1) is 0 Å². The Morgan fingerprint density at radius 3 is 0.222 bits per heavy atom. The van der Waals surface area contributed by atoms with Gasteiger partial charge in [-0.2, -0.15) is 0 Å². The van der Waals surface area contributed by atoms with Crippen LogP contribution in [0.25, 0.3) is 0 Å². The molecule has 0 amide bonds. The van der Waals surface area contributed by atoms with Crippen LogP contribution in [0.5, 0.6) is 0 Å². The van der Waals surface area contributed by atoms with E-state index < -0.39 is 0 Å². The van der Waals surface area contributed by atoms with Crippen molar-refractivity contribution in [2.75, 3.05) is 0 Å². The van der Waals surface area contributed by atoms with Gasteiger partial charge in [-0.15, -0.1) is 0 Å². The predicted molar refractivity (Wildman–Crippen MR) is 0 cm³/mol. The first-order valence-corrected chi connectivity index (χ1v) is 0. The topological polar surface area (TPSA) is 0 Å². The van der Waals surface area contributed by atoms with Gasteiger partial charge in [-0.3, -0.25) is 0 Å². The summed E-state index contributed by atoms with van der Waals surface area (Å²) in [4.78, 5) is 0. The van der Waals surface area contributed by atoms with E-state index in [2.05, 4.69) is 0 Å². The molecular weight excluding hydrogens is 243 g/mol. The fourth-order valence-electron chi connectivity index (χ4n) is 0. The molecule has 0 aliphatic rings. The maximum atomic E-state index is 0. The standard InChI is InChI=1S/8Na.Ni/q8*+1;+2. The van der Waals surface area contributed by atoms with Crippen LogP contribution in [0.3, 0.4) is 0 Å². The van der Waals surface area contributed by atoms with E-state index in [9.17, 15) is 0 Å². The van der Waals surface area contributed by atoms with Crippen LogP contribution >= 0.6 is 0 Å². The predicted octanol–water partition coefficient (Wildman–Crippen LogP) is -24.0. The van der Waals surface area contributed by atoms with Gasteiger partial charge in [0.1, 0.15) is 0 Å². The third-order valence-corrected chi connectivity index (χ3v) is 0. The van der Waals surface area contributed by atoms with Crippen LogP contribution in [0.2, 0.25) is 0 Å². The molecule has 9 heavy (non-hydrogen) atoms. The zero-order valence-corrected chi connectivity index (χ0v) is 25.3. The molecule has 0 saturated carbocycles. The molecule has 9 heteroatoms. The summed E-state index contributed by atoms with van der Waals surface area (Å²) in [5.74, 6) is 0. The van der Waals surface area contributed by atoms with Gasteiger partial charge in [-0.1, -0.05) is 0 Å².